The Labute approximate surface area is 154 Å². The summed E-state index contributed by atoms with van der Waals surface area (Å²) in [7, 11) is 0. The van der Waals surface area contributed by atoms with E-state index in [2.05, 4.69) is 48.9 Å². The molecule has 26 heavy (non-hydrogen) atoms. The predicted octanol–water partition coefficient (Wildman–Crippen LogP) is 5.21. The van der Waals surface area contributed by atoms with Gasteiger partial charge in [-0.15, -0.1) is 6.58 Å². The molecule has 0 spiro atoms. The number of carbonyl (C=O) groups is 1. The maximum Gasteiger partial charge on any atom is 0.273 e. The molecule has 0 fully saturated rings. The van der Waals surface area contributed by atoms with Gasteiger partial charge in [-0.25, -0.2) is 4.98 Å². The van der Waals surface area contributed by atoms with Crippen LogP contribution in [0.15, 0.2) is 49.2 Å². The monoisotopic (exact) mass is 347 g/mol. The van der Waals surface area contributed by atoms with E-state index in [9.17, 15) is 4.79 Å². The maximum atomic E-state index is 13.0. The number of nitrogens with zero attached hydrogens (tertiary/aromatic N) is 2. The molecule has 0 aliphatic rings. The van der Waals surface area contributed by atoms with Crippen molar-refractivity contribution in [3.8, 4) is 0 Å². The molecule has 2 heterocycles. The molecule has 1 amide bonds. The summed E-state index contributed by atoms with van der Waals surface area (Å²) in [5.41, 5.74) is 5.01. The predicted molar refractivity (Wildman–Crippen MR) is 108 cm³/mol. The molecule has 0 unspecified atom stereocenters. The Hall–Kier alpha value is -2.88. The number of allylic oxidation sites excluding steroid dienone is 1. The van der Waals surface area contributed by atoms with Crippen molar-refractivity contribution in [2.75, 3.05) is 5.32 Å². The van der Waals surface area contributed by atoms with E-state index in [1.807, 2.05) is 36.6 Å². The van der Waals surface area contributed by atoms with Gasteiger partial charge in [0, 0.05) is 23.6 Å². The zero-order valence-electron chi connectivity index (χ0n) is 15.8. The van der Waals surface area contributed by atoms with Crippen molar-refractivity contribution in [1.82, 2.24) is 9.55 Å². The van der Waals surface area contributed by atoms with Gasteiger partial charge in [0.2, 0.25) is 0 Å². The lowest BCUT2D eigenvalue weighted by Crippen LogP contribution is -2.18. The van der Waals surface area contributed by atoms with E-state index in [0.29, 0.717) is 24.0 Å². The molecule has 134 valence electrons. The van der Waals surface area contributed by atoms with Crippen molar-refractivity contribution in [3.05, 3.63) is 71.6 Å². The van der Waals surface area contributed by atoms with E-state index in [-0.39, 0.29) is 5.91 Å². The van der Waals surface area contributed by atoms with Crippen LogP contribution in [0.25, 0.3) is 10.9 Å². The average Bonchev–Trinajstić information content (AvgIpc) is 2.87. The highest BCUT2D eigenvalue weighted by Gasteiger charge is 2.20. The van der Waals surface area contributed by atoms with E-state index < -0.39 is 0 Å². The largest absolute Gasteiger partial charge is 0.332 e. The second kappa shape index (κ2) is 7.16. The second-order valence-corrected chi connectivity index (χ2v) is 6.98. The van der Waals surface area contributed by atoms with Crippen LogP contribution in [-0.2, 0) is 6.54 Å². The van der Waals surface area contributed by atoms with Gasteiger partial charge in [-0.3, -0.25) is 4.79 Å². The number of pyridine rings is 1. The van der Waals surface area contributed by atoms with E-state index in [1.165, 1.54) is 5.56 Å². The van der Waals surface area contributed by atoms with Crippen molar-refractivity contribution >= 4 is 22.6 Å². The molecule has 0 aliphatic carbocycles. The minimum atomic E-state index is -0.148. The third-order valence-electron chi connectivity index (χ3n) is 4.69. The summed E-state index contributed by atoms with van der Waals surface area (Å²) in [6.45, 7) is 12.8. The summed E-state index contributed by atoms with van der Waals surface area (Å²) in [4.78, 5) is 17.3. The first-order valence-corrected chi connectivity index (χ1v) is 8.90. The highest BCUT2D eigenvalue weighted by molar-refractivity contribution is 6.08. The zero-order chi connectivity index (χ0) is 18.8. The number of anilines is 1. The fourth-order valence-corrected chi connectivity index (χ4v) is 3.29. The number of hydrogen-bond donors (Lipinski definition) is 1. The van der Waals surface area contributed by atoms with Gasteiger partial charge in [0.05, 0.1) is 0 Å². The van der Waals surface area contributed by atoms with Crippen molar-refractivity contribution in [3.63, 3.8) is 0 Å². The highest BCUT2D eigenvalue weighted by atomic mass is 16.2. The molecule has 0 aliphatic heterocycles. The van der Waals surface area contributed by atoms with Crippen LogP contribution in [0.5, 0.6) is 0 Å². The van der Waals surface area contributed by atoms with Gasteiger partial charge in [0.1, 0.15) is 11.5 Å². The number of amides is 1. The molecule has 1 aromatic carbocycles. The molecule has 1 N–H and O–H groups in total. The van der Waals surface area contributed by atoms with Crippen LogP contribution in [0.4, 0.5) is 5.82 Å². The fraction of sp³-hybridized carbons (Fsp3) is 0.273. The van der Waals surface area contributed by atoms with Gasteiger partial charge in [0.15, 0.2) is 0 Å². The Kier molecular flexibility index (Phi) is 4.94. The maximum absolute atomic E-state index is 13.0. The van der Waals surface area contributed by atoms with Gasteiger partial charge in [-0.2, -0.15) is 0 Å². The van der Waals surface area contributed by atoms with Crippen LogP contribution in [0.2, 0.25) is 0 Å². The van der Waals surface area contributed by atoms with Crippen molar-refractivity contribution < 1.29 is 4.79 Å². The Balaban J connectivity index is 2.11. The molecule has 4 nitrogen and oxygen atoms in total. The lowest BCUT2D eigenvalue weighted by Gasteiger charge is -2.10. The van der Waals surface area contributed by atoms with Crippen LogP contribution in [0.3, 0.4) is 0 Å². The number of hydrogen-bond acceptors (Lipinski definition) is 2. The number of rotatable bonds is 5. The Morgan fingerprint density at radius 2 is 2.04 bits per heavy atom. The highest BCUT2D eigenvalue weighted by Crippen LogP contribution is 2.29. The van der Waals surface area contributed by atoms with E-state index in [4.69, 9.17) is 0 Å². The first-order chi connectivity index (χ1) is 12.4. The Morgan fingerprint density at radius 3 is 2.69 bits per heavy atom. The minimum absolute atomic E-state index is 0.148. The van der Waals surface area contributed by atoms with Crippen LogP contribution >= 0.6 is 0 Å². The van der Waals surface area contributed by atoms with E-state index in [1.54, 1.807) is 6.20 Å². The molecule has 2 aromatic heterocycles. The lowest BCUT2D eigenvalue weighted by atomic mass is 10.0. The summed E-state index contributed by atoms with van der Waals surface area (Å²) < 4.78 is 2.02. The molecule has 3 rings (SSSR count). The van der Waals surface area contributed by atoms with Crippen LogP contribution in [-0.4, -0.2) is 15.5 Å². The third kappa shape index (κ3) is 3.27. The average molecular weight is 347 g/mol. The topological polar surface area (TPSA) is 46.9 Å². The first-order valence-electron chi connectivity index (χ1n) is 8.90. The number of benzene rings is 1. The van der Waals surface area contributed by atoms with Crippen molar-refractivity contribution in [1.29, 1.82) is 0 Å². The molecule has 0 saturated heterocycles. The van der Waals surface area contributed by atoms with Gasteiger partial charge >= 0.3 is 0 Å². The zero-order valence-corrected chi connectivity index (χ0v) is 15.8. The molecular weight excluding hydrogens is 322 g/mol. The molecule has 0 saturated carbocycles. The number of fused-ring (bicyclic) bond motifs is 1. The lowest BCUT2D eigenvalue weighted by molar-refractivity contribution is 0.101. The van der Waals surface area contributed by atoms with Crippen LogP contribution < -0.4 is 5.32 Å². The summed E-state index contributed by atoms with van der Waals surface area (Å²) in [5, 5.41) is 4.04. The number of nitrogens with one attached hydrogen (secondary N) is 1. The second-order valence-electron chi connectivity index (χ2n) is 6.98. The molecule has 3 aromatic rings. The molecule has 4 heteroatoms. The van der Waals surface area contributed by atoms with Gasteiger partial charge in [-0.05, 0) is 60.7 Å². The fourth-order valence-electron chi connectivity index (χ4n) is 3.29. The third-order valence-corrected chi connectivity index (χ3v) is 4.69. The van der Waals surface area contributed by atoms with Crippen molar-refractivity contribution in [2.45, 2.75) is 40.2 Å². The summed E-state index contributed by atoms with van der Waals surface area (Å²) in [5.74, 6) is 0.854. The summed E-state index contributed by atoms with van der Waals surface area (Å²) in [6, 6.07) is 10.2. The van der Waals surface area contributed by atoms with Gasteiger partial charge in [-0.1, -0.05) is 26.0 Å². The van der Waals surface area contributed by atoms with Gasteiger partial charge < -0.3 is 9.88 Å². The quantitative estimate of drug-likeness (QED) is 0.644. The van der Waals surface area contributed by atoms with E-state index >= 15 is 0 Å². The van der Waals surface area contributed by atoms with Crippen LogP contribution in [0, 0.1) is 13.8 Å². The summed E-state index contributed by atoms with van der Waals surface area (Å²) in [6.07, 6.45) is 3.52. The number of aryl methyl sites for hydroxylation is 2. The Morgan fingerprint density at radius 1 is 1.27 bits per heavy atom. The molecule has 0 bridgehead atoms. The van der Waals surface area contributed by atoms with Crippen LogP contribution in [0.1, 0.15) is 46.9 Å². The summed E-state index contributed by atoms with van der Waals surface area (Å²) >= 11 is 0. The smallest absolute Gasteiger partial charge is 0.273 e. The Bertz CT molecular complexity index is 982. The van der Waals surface area contributed by atoms with E-state index in [0.717, 1.165) is 22.0 Å². The molecule has 0 radical (unpaired) electrons. The van der Waals surface area contributed by atoms with Crippen molar-refractivity contribution in [2.24, 2.45) is 0 Å². The number of aromatic nitrogens is 2. The molecular formula is C22H25N3O. The number of carbonyl (C=O) groups excluding carboxylic acids is 1. The SMILES string of the molecule is C=CCn1c(C(=O)Nc2cc(C)ccn2)c(C)c2cc(C(C)C)ccc21. The molecule has 0 atom stereocenters. The normalized spacial score (nSPS) is 11.1. The van der Waals surface area contributed by atoms with Gasteiger partial charge in [0.25, 0.3) is 5.91 Å². The minimum Gasteiger partial charge on any atom is -0.332 e. The standard InChI is InChI=1S/C22H25N3O/c1-6-11-25-19-8-7-17(14(2)3)13-18(19)16(5)21(25)22(26)24-20-12-15(4)9-10-23-20/h6-10,12-14H,1,11H2,2-5H3,(H,23,24,26). The first kappa shape index (κ1) is 17.9.